The molecule has 0 aliphatic carbocycles. The molecule has 0 aliphatic heterocycles. The lowest BCUT2D eigenvalue weighted by molar-refractivity contribution is -0.116. The van der Waals surface area contributed by atoms with E-state index in [9.17, 15) is 9.59 Å². The van der Waals surface area contributed by atoms with Gasteiger partial charge in [-0.15, -0.1) is 11.3 Å². The number of nitrogens with zero attached hydrogens (tertiary/aromatic N) is 3. The molecule has 1 aromatic carbocycles. The third-order valence-corrected chi connectivity index (χ3v) is 5.58. The van der Waals surface area contributed by atoms with Crippen LogP contribution in [0.1, 0.15) is 5.56 Å². The Hall–Kier alpha value is -2.84. The van der Waals surface area contributed by atoms with Gasteiger partial charge in [0.15, 0.2) is 5.13 Å². The minimum atomic E-state index is -0.312. The molecule has 26 heavy (non-hydrogen) atoms. The summed E-state index contributed by atoms with van der Waals surface area (Å²) in [5, 5.41) is 5.20. The molecule has 3 heterocycles. The van der Waals surface area contributed by atoms with Crippen molar-refractivity contribution in [3.63, 3.8) is 0 Å². The number of thiophene rings is 1. The smallest absolute Gasteiger partial charge is 0.254 e. The Kier molecular flexibility index (Phi) is 4.36. The largest absolute Gasteiger partial charge is 0.300 e. The number of carbonyl (C=O) groups is 1. The number of anilines is 1. The molecule has 0 saturated heterocycles. The molecule has 0 radical (unpaired) electrons. The summed E-state index contributed by atoms with van der Waals surface area (Å²) in [6, 6.07) is 11.2. The van der Waals surface area contributed by atoms with Crippen LogP contribution >= 0.6 is 22.7 Å². The van der Waals surface area contributed by atoms with Gasteiger partial charge in [0.1, 0.15) is 6.54 Å². The summed E-state index contributed by atoms with van der Waals surface area (Å²) in [6.45, 7) is 1.90. The second-order valence-corrected chi connectivity index (χ2v) is 7.73. The number of thiazole rings is 1. The number of aryl methyl sites for hydroxylation is 1. The normalized spacial score (nSPS) is 11.0. The zero-order valence-corrected chi connectivity index (χ0v) is 15.4. The van der Waals surface area contributed by atoms with Gasteiger partial charge in [0, 0.05) is 6.07 Å². The van der Waals surface area contributed by atoms with E-state index in [2.05, 4.69) is 15.3 Å². The Morgan fingerprint density at radius 1 is 1.27 bits per heavy atom. The summed E-state index contributed by atoms with van der Waals surface area (Å²) in [4.78, 5) is 34.1. The van der Waals surface area contributed by atoms with Crippen LogP contribution in [0.5, 0.6) is 0 Å². The highest BCUT2D eigenvalue weighted by molar-refractivity contribution is 7.22. The van der Waals surface area contributed by atoms with Gasteiger partial charge in [-0.05, 0) is 36.1 Å². The van der Waals surface area contributed by atoms with E-state index in [1.165, 1.54) is 39.6 Å². The van der Waals surface area contributed by atoms with Crippen molar-refractivity contribution in [3.05, 3.63) is 64.0 Å². The fourth-order valence-corrected chi connectivity index (χ4v) is 4.18. The second kappa shape index (κ2) is 6.81. The molecular formula is C18H14N4O2S2. The van der Waals surface area contributed by atoms with E-state index in [1.54, 1.807) is 0 Å². The summed E-state index contributed by atoms with van der Waals surface area (Å²) >= 11 is 2.92. The predicted octanol–water partition coefficient (Wildman–Crippen LogP) is 3.53. The molecular weight excluding hydrogens is 368 g/mol. The standard InChI is InChI=1S/C18H14N4O2S2/c1-11-4-5-12-15(7-11)26-18(20-12)21-16(23)9-22-10-19-13(8-17(22)24)14-3-2-6-25-14/h2-8,10H,9H2,1H3,(H,20,21,23). The first-order chi connectivity index (χ1) is 12.6. The number of hydrogen-bond acceptors (Lipinski definition) is 6. The summed E-state index contributed by atoms with van der Waals surface area (Å²) in [7, 11) is 0. The number of nitrogens with one attached hydrogen (secondary N) is 1. The minimum Gasteiger partial charge on any atom is -0.300 e. The maximum absolute atomic E-state index is 12.3. The number of carbonyl (C=O) groups excluding carboxylic acids is 1. The van der Waals surface area contributed by atoms with Crippen molar-refractivity contribution >= 4 is 43.9 Å². The molecule has 4 aromatic rings. The second-order valence-electron chi connectivity index (χ2n) is 5.76. The SMILES string of the molecule is Cc1ccc2nc(NC(=O)Cn3cnc(-c4cccs4)cc3=O)sc2c1. The molecule has 0 unspecified atom stereocenters. The molecule has 0 fully saturated rings. The molecule has 0 atom stereocenters. The lowest BCUT2D eigenvalue weighted by Gasteiger charge is -2.05. The molecule has 0 saturated carbocycles. The monoisotopic (exact) mass is 382 g/mol. The average Bonchev–Trinajstić information content (AvgIpc) is 3.25. The molecule has 130 valence electrons. The van der Waals surface area contributed by atoms with Crippen LogP contribution in [0.25, 0.3) is 20.8 Å². The highest BCUT2D eigenvalue weighted by Crippen LogP contribution is 2.26. The van der Waals surface area contributed by atoms with Crippen LogP contribution in [-0.4, -0.2) is 20.4 Å². The molecule has 8 heteroatoms. The first-order valence-corrected chi connectivity index (χ1v) is 9.55. The minimum absolute atomic E-state index is 0.106. The van der Waals surface area contributed by atoms with Crippen molar-refractivity contribution in [3.8, 4) is 10.6 Å². The zero-order chi connectivity index (χ0) is 18.1. The van der Waals surface area contributed by atoms with Gasteiger partial charge in [-0.1, -0.05) is 23.5 Å². The Bertz CT molecular complexity index is 1150. The quantitative estimate of drug-likeness (QED) is 0.586. The van der Waals surface area contributed by atoms with Crippen LogP contribution in [0.3, 0.4) is 0 Å². The van der Waals surface area contributed by atoms with E-state index < -0.39 is 0 Å². The van der Waals surface area contributed by atoms with Gasteiger partial charge in [0.05, 0.1) is 27.1 Å². The first kappa shape index (κ1) is 16.6. The topological polar surface area (TPSA) is 76.9 Å². The summed E-state index contributed by atoms with van der Waals surface area (Å²) in [6.07, 6.45) is 1.40. The van der Waals surface area contributed by atoms with Crippen LogP contribution < -0.4 is 10.9 Å². The molecule has 1 N–H and O–H groups in total. The molecule has 6 nitrogen and oxygen atoms in total. The first-order valence-electron chi connectivity index (χ1n) is 7.86. The van der Waals surface area contributed by atoms with E-state index in [1.807, 2.05) is 42.6 Å². The molecule has 4 rings (SSSR count). The highest BCUT2D eigenvalue weighted by Gasteiger charge is 2.11. The third-order valence-electron chi connectivity index (χ3n) is 3.76. The van der Waals surface area contributed by atoms with Crippen LogP contribution in [0, 0.1) is 6.92 Å². The van der Waals surface area contributed by atoms with Crippen molar-refractivity contribution in [2.45, 2.75) is 13.5 Å². The van der Waals surface area contributed by atoms with E-state index >= 15 is 0 Å². The van der Waals surface area contributed by atoms with E-state index in [0.29, 0.717) is 10.8 Å². The van der Waals surface area contributed by atoms with Crippen molar-refractivity contribution in [2.75, 3.05) is 5.32 Å². The lowest BCUT2D eigenvalue weighted by Crippen LogP contribution is -2.27. The zero-order valence-electron chi connectivity index (χ0n) is 13.8. The molecule has 1 amide bonds. The molecule has 3 aromatic heterocycles. The number of amides is 1. The maximum Gasteiger partial charge on any atom is 0.254 e. The number of rotatable bonds is 4. The van der Waals surface area contributed by atoms with Gasteiger partial charge in [-0.3, -0.25) is 14.2 Å². The van der Waals surface area contributed by atoms with E-state index in [-0.39, 0.29) is 18.0 Å². The van der Waals surface area contributed by atoms with Crippen LogP contribution in [0.4, 0.5) is 5.13 Å². The van der Waals surface area contributed by atoms with Gasteiger partial charge in [0.2, 0.25) is 5.91 Å². The van der Waals surface area contributed by atoms with Crippen LogP contribution in [-0.2, 0) is 11.3 Å². The van der Waals surface area contributed by atoms with Crippen LogP contribution in [0.15, 0.2) is 52.9 Å². The van der Waals surface area contributed by atoms with Crippen molar-refractivity contribution in [1.29, 1.82) is 0 Å². The van der Waals surface area contributed by atoms with Gasteiger partial charge < -0.3 is 5.32 Å². The highest BCUT2D eigenvalue weighted by atomic mass is 32.1. The lowest BCUT2D eigenvalue weighted by atomic mass is 10.2. The fraction of sp³-hybridized carbons (Fsp3) is 0.111. The summed E-state index contributed by atoms with van der Waals surface area (Å²) in [5.74, 6) is -0.312. The van der Waals surface area contributed by atoms with Crippen molar-refractivity contribution in [1.82, 2.24) is 14.5 Å². The molecule has 0 bridgehead atoms. The number of benzene rings is 1. The van der Waals surface area contributed by atoms with Crippen LogP contribution in [0.2, 0.25) is 0 Å². The van der Waals surface area contributed by atoms with Gasteiger partial charge in [-0.25, -0.2) is 9.97 Å². The Morgan fingerprint density at radius 3 is 2.92 bits per heavy atom. The predicted molar refractivity (Wildman–Crippen MR) is 105 cm³/mol. The number of hydrogen-bond donors (Lipinski definition) is 1. The molecule has 0 aliphatic rings. The number of fused-ring (bicyclic) bond motifs is 1. The van der Waals surface area contributed by atoms with E-state index in [0.717, 1.165) is 20.7 Å². The van der Waals surface area contributed by atoms with Crippen molar-refractivity contribution in [2.24, 2.45) is 0 Å². The Morgan fingerprint density at radius 2 is 2.15 bits per heavy atom. The summed E-state index contributed by atoms with van der Waals surface area (Å²) in [5.41, 5.74) is 2.33. The fourth-order valence-electron chi connectivity index (χ4n) is 2.50. The van der Waals surface area contributed by atoms with Gasteiger partial charge in [-0.2, -0.15) is 0 Å². The Balaban J connectivity index is 1.49. The van der Waals surface area contributed by atoms with Gasteiger partial charge in [0.25, 0.3) is 5.56 Å². The molecule has 0 spiro atoms. The van der Waals surface area contributed by atoms with Crippen molar-refractivity contribution < 1.29 is 4.79 Å². The summed E-state index contributed by atoms with van der Waals surface area (Å²) < 4.78 is 2.30. The average molecular weight is 382 g/mol. The van der Waals surface area contributed by atoms with E-state index in [4.69, 9.17) is 0 Å². The third kappa shape index (κ3) is 3.42. The Labute approximate surface area is 156 Å². The van der Waals surface area contributed by atoms with Gasteiger partial charge >= 0.3 is 0 Å². The number of aromatic nitrogens is 3. The maximum atomic E-state index is 12.3.